The number of hydrogen-bond acceptors (Lipinski definition) is 3. The van der Waals surface area contributed by atoms with Gasteiger partial charge in [-0.3, -0.25) is 4.79 Å². The van der Waals surface area contributed by atoms with Crippen molar-refractivity contribution in [2.75, 3.05) is 7.05 Å². The highest BCUT2D eigenvalue weighted by Crippen LogP contribution is 2.11. The smallest absolute Gasteiger partial charge is 0.317 e. The van der Waals surface area contributed by atoms with E-state index in [0.717, 1.165) is 11.3 Å². The molecule has 1 atom stereocenters. The summed E-state index contributed by atoms with van der Waals surface area (Å²) < 4.78 is 5.17. The van der Waals surface area contributed by atoms with E-state index in [0.29, 0.717) is 13.0 Å². The van der Waals surface area contributed by atoms with Gasteiger partial charge in [0.2, 0.25) is 0 Å². The van der Waals surface area contributed by atoms with E-state index in [1.54, 1.807) is 20.2 Å². The molecule has 1 unspecified atom stereocenters. The molecule has 0 aliphatic carbocycles. The lowest BCUT2D eigenvalue weighted by Gasteiger charge is -2.20. The molecule has 1 heterocycles. The van der Waals surface area contributed by atoms with Crippen LogP contribution < -0.4 is 5.32 Å². The summed E-state index contributed by atoms with van der Waals surface area (Å²) in [7, 11) is 1.69. The molecule has 2 N–H and O–H groups in total. The number of carboxylic acid groups (broad SMARTS) is 1. The molecule has 6 heteroatoms. The second kappa shape index (κ2) is 6.82. The Labute approximate surface area is 112 Å². The summed E-state index contributed by atoms with van der Waals surface area (Å²) in [5, 5.41) is 11.3. The molecule has 6 nitrogen and oxygen atoms in total. The van der Waals surface area contributed by atoms with Crippen molar-refractivity contribution in [2.24, 2.45) is 0 Å². The van der Waals surface area contributed by atoms with Gasteiger partial charge < -0.3 is 19.7 Å². The lowest BCUT2D eigenvalue weighted by Crippen LogP contribution is -2.41. The van der Waals surface area contributed by atoms with Gasteiger partial charge in [-0.05, 0) is 26.3 Å². The van der Waals surface area contributed by atoms with E-state index in [-0.39, 0.29) is 18.5 Å². The fraction of sp³-hybridized carbons (Fsp3) is 0.538. The molecule has 0 saturated carbocycles. The molecule has 106 valence electrons. The molecular formula is C13H20N2O4. The van der Waals surface area contributed by atoms with Crippen LogP contribution in [0.15, 0.2) is 16.7 Å². The van der Waals surface area contributed by atoms with Gasteiger partial charge >= 0.3 is 12.0 Å². The maximum atomic E-state index is 11.9. The molecule has 0 aromatic carbocycles. The number of hydrogen-bond donors (Lipinski definition) is 2. The average molecular weight is 268 g/mol. The number of urea groups is 1. The number of amides is 2. The third-order valence-corrected chi connectivity index (χ3v) is 2.88. The molecule has 0 saturated heterocycles. The van der Waals surface area contributed by atoms with Crippen molar-refractivity contribution in [3.8, 4) is 0 Å². The Morgan fingerprint density at radius 2 is 2.21 bits per heavy atom. The van der Waals surface area contributed by atoms with E-state index >= 15 is 0 Å². The first-order valence-corrected chi connectivity index (χ1v) is 6.16. The van der Waals surface area contributed by atoms with Crippen LogP contribution in [0.5, 0.6) is 0 Å². The largest absolute Gasteiger partial charge is 0.481 e. The maximum Gasteiger partial charge on any atom is 0.317 e. The summed E-state index contributed by atoms with van der Waals surface area (Å²) in [6.45, 7) is 4.09. The molecular weight excluding hydrogens is 248 g/mol. The summed E-state index contributed by atoms with van der Waals surface area (Å²) in [6.07, 6.45) is 2.05. The predicted octanol–water partition coefficient (Wildman–Crippen LogP) is 1.98. The van der Waals surface area contributed by atoms with E-state index in [2.05, 4.69) is 5.32 Å². The fourth-order valence-electron chi connectivity index (χ4n) is 1.64. The Morgan fingerprint density at radius 3 is 2.74 bits per heavy atom. The first kappa shape index (κ1) is 15.1. The Morgan fingerprint density at radius 1 is 1.53 bits per heavy atom. The third-order valence-electron chi connectivity index (χ3n) is 2.88. The van der Waals surface area contributed by atoms with Crippen LogP contribution in [0.2, 0.25) is 0 Å². The van der Waals surface area contributed by atoms with Crippen molar-refractivity contribution < 1.29 is 19.1 Å². The first-order valence-electron chi connectivity index (χ1n) is 6.16. The van der Waals surface area contributed by atoms with Crippen LogP contribution in [0.25, 0.3) is 0 Å². The van der Waals surface area contributed by atoms with Gasteiger partial charge in [0.15, 0.2) is 0 Å². The number of aryl methyl sites for hydroxylation is 1. The number of nitrogens with zero attached hydrogens (tertiary/aromatic N) is 1. The van der Waals surface area contributed by atoms with Crippen LogP contribution in [0.4, 0.5) is 4.79 Å². The number of aliphatic carboxylic acids is 1. The lowest BCUT2D eigenvalue weighted by molar-refractivity contribution is -0.137. The van der Waals surface area contributed by atoms with Gasteiger partial charge in [-0.1, -0.05) is 0 Å². The molecule has 0 spiro atoms. The number of carboxylic acids is 1. The topological polar surface area (TPSA) is 82.8 Å². The maximum absolute atomic E-state index is 11.9. The van der Waals surface area contributed by atoms with Gasteiger partial charge in [0.1, 0.15) is 5.76 Å². The van der Waals surface area contributed by atoms with Gasteiger partial charge in [-0.2, -0.15) is 0 Å². The molecule has 0 fully saturated rings. The molecule has 0 bridgehead atoms. The third kappa shape index (κ3) is 5.03. The SMILES string of the molecule is Cc1occc1CN(C)C(=O)NC(C)CCC(=O)O. The van der Waals surface area contributed by atoms with Gasteiger partial charge in [-0.15, -0.1) is 0 Å². The molecule has 0 aliphatic rings. The number of nitrogens with one attached hydrogen (secondary N) is 1. The minimum Gasteiger partial charge on any atom is -0.481 e. The molecule has 0 radical (unpaired) electrons. The first-order chi connectivity index (χ1) is 8.90. The highest BCUT2D eigenvalue weighted by molar-refractivity contribution is 5.74. The van der Waals surface area contributed by atoms with Crippen LogP contribution in [0, 0.1) is 6.92 Å². The highest BCUT2D eigenvalue weighted by Gasteiger charge is 2.14. The molecule has 19 heavy (non-hydrogen) atoms. The Kier molecular flexibility index (Phi) is 5.41. The molecule has 1 rings (SSSR count). The van der Waals surface area contributed by atoms with Crippen LogP contribution in [-0.4, -0.2) is 35.1 Å². The van der Waals surface area contributed by atoms with Gasteiger partial charge in [0, 0.05) is 25.1 Å². The Bertz CT molecular complexity index is 442. The Balaban J connectivity index is 2.40. The van der Waals surface area contributed by atoms with E-state index < -0.39 is 5.97 Å². The zero-order valence-corrected chi connectivity index (χ0v) is 11.5. The molecule has 0 aliphatic heterocycles. The number of rotatable bonds is 6. The Hall–Kier alpha value is -1.98. The van der Waals surface area contributed by atoms with E-state index in [9.17, 15) is 9.59 Å². The van der Waals surface area contributed by atoms with Crippen molar-refractivity contribution in [2.45, 2.75) is 39.3 Å². The number of carbonyl (C=O) groups is 2. The van der Waals surface area contributed by atoms with Gasteiger partial charge in [-0.25, -0.2) is 4.79 Å². The summed E-state index contributed by atoms with van der Waals surface area (Å²) in [6, 6.07) is 1.43. The van der Waals surface area contributed by atoms with E-state index in [1.807, 2.05) is 13.0 Å². The summed E-state index contributed by atoms with van der Waals surface area (Å²) >= 11 is 0. The highest BCUT2D eigenvalue weighted by atomic mass is 16.4. The van der Waals surface area contributed by atoms with Crippen molar-refractivity contribution >= 4 is 12.0 Å². The summed E-state index contributed by atoms with van der Waals surface area (Å²) in [5.74, 6) is -0.0675. The zero-order valence-electron chi connectivity index (χ0n) is 11.5. The molecule has 2 amide bonds. The minimum atomic E-state index is -0.858. The minimum absolute atomic E-state index is 0.0476. The second-order valence-corrected chi connectivity index (χ2v) is 4.64. The average Bonchev–Trinajstić information content (AvgIpc) is 2.72. The zero-order chi connectivity index (χ0) is 14.4. The quantitative estimate of drug-likeness (QED) is 0.826. The van der Waals surface area contributed by atoms with Crippen LogP contribution >= 0.6 is 0 Å². The van der Waals surface area contributed by atoms with Crippen molar-refractivity contribution in [1.82, 2.24) is 10.2 Å². The van der Waals surface area contributed by atoms with E-state index in [1.165, 1.54) is 4.90 Å². The molecule has 1 aromatic heterocycles. The normalized spacial score (nSPS) is 11.9. The van der Waals surface area contributed by atoms with Gasteiger partial charge in [0.25, 0.3) is 0 Å². The van der Waals surface area contributed by atoms with E-state index in [4.69, 9.17) is 9.52 Å². The lowest BCUT2D eigenvalue weighted by atomic mass is 10.2. The van der Waals surface area contributed by atoms with Crippen molar-refractivity contribution in [3.05, 3.63) is 23.7 Å². The van der Waals surface area contributed by atoms with Crippen LogP contribution in [0.1, 0.15) is 31.1 Å². The van der Waals surface area contributed by atoms with Crippen LogP contribution in [0.3, 0.4) is 0 Å². The number of carbonyl (C=O) groups excluding carboxylic acids is 1. The fourth-order valence-corrected chi connectivity index (χ4v) is 1.64. The summed E-state index contributed by atoms with van der Waals surface area (Å²) in [4.78, 5) is 23.8. The summed E-state index contributed by atoms with van der Waals surface area (Å²) in [5.41, 5.74) is 0.954. The number of furan rings is 1. The predicted molar refractivity (Wildman–Crippen MR) is 69.8 cm³/mol. The van der Waals surface area contributed by atoms with Gasteiger partial charge in [0.05, 0.1) is 12.8 Å². The monoisotopic (exact) mass is 268 g/mol. The molecule has 1 aromatic rings. The van der Waals surface area contributed by atoms with Crippen molar-refractivity contribution in [3.63, 3.8) is 0 Å². The second-order valence-electron chi connectivity index (χ2n) is 4.64. The van der Waals surface area contributed by atoms with Crippen molar-refractivity contribution in [1.29, 1.82) is 0 Å². The standard InChI is InChI=1S/C13H20N2O4/c1-9(4-5-12(16)17)14-13(18)15(3)8-11-6-7-19-10(11)2/h6-7,9H,4-5,8H2,1-3H3,(H,14,18)(H,16,17). The van der Waals surface area contributed by atoms with Crippen LogP contribution in [-0.2, 0) is 11.3 Å².